The largest absolute Gasteiger partial charge is 0.488 e. The number of benzene rings is 1. The van der Waals surface area contributed by atoms with Crippen molar-refractivity contribution in [3.63, 3.8) is 0 Å². The Morgan fingerprint density at radius 3 is 2.84 bits per heavy atom. The minimum atomic E-state index is -0.564. The van der Waals surface area contributed by atoms with E-state index in [2.05, 4.69) is 15.8 Å². The first-order valence-corrected chi connectivity index (χ1v) is 8.05. The Balaban J connectivity index is 1.71. The minimum Gasteiger partial charge on any atom is -0.488 e. The number of amides is 2. The van der Waals surface area contributed by atoms with Crippen molar-refractivity contribution in [2.45, 2.75) is 32.8 Å². The molecule has 25 heavy (non-hydrogen) atoms. The molecule has 1 aromatic carbocycles. The third-order valence-electron chi connectivity index (χ3n) is 3.09. The molecule has 1 heterocycles. The summed E-state index contributed by atoms with van der Waals surface area (Å²) < 4.78 is 10.7. The summed E-state index contributed by atoms with van der Waals surface area (Å²) in [5.41, 5.74) is 3.68. The molecule has 1 aliphatic heterocycles. The molecule has 1 aliphatic rings. The first kappa shape index (κ1) is 18.5. The van der Waals surface area contributed by atoms with Crippen molar-refractivity contribution in [1.29, 1.82) is 0 Å². The third-order valence-corrected chi connectivity index (χ3v) is 3.09. The molecule has 0 saturated heterocycles. The van der Waals surface area contributed by atoms with Gasteiger partial charge in [0.05, 0.1) is 6.21 Å². The lowest BCUT2D eigenvalue weighted by molar-refractivity contribution is -0.120. The average Bonchev–Trinajstić information content (AvgIpc) is 2.53. The van der Waals surface area contributed by atoms with Gasteiger partial charge in [-0.3, -0.25) is 4.79 Å². The standard InChI is InChI=1S/C18H23N3O4/c1-18(2,3)25-17(23)19-9-8-16(22)21-20-11-13-10-14-6-4-5-7-15(14)24-12-13/h4-7,10-11H,8-9,12H2,1-3H3,(H,19,23)(H,21,22)/b20-11+. The highest BCUT2D eigenvalue weighted by Gasteiger charge is 2.15. The molecule has 0 aromatic heterocycles. The number of hydrazone groups is 1. The van der Waals surface area contributed by atoms with Gasteiger partial charge in [0.1, 0.15) is 18.0 Å². The van der Waals surface area contributed by atoms with Gasteiger partial charge in [0.25, 0.3) is 0 Å². The van der Waals surface area contributed by atoms with Crippen molar-refractivity contribution < 1.29 is 19.1 Å². The SMILES string of the molecule is CC(C)(C)OC(=O)NCCC(=O)N/N=C/C1=Cc2ccccc2OC1. The topological polar surface area (TPSA) is 89.0 Å². The number of carbonyl (C=O) groups is 2. The van der Waals surface area contributed by atoms with Crippen molar-refractivity contribution >= 4 is 24.3 Å². The number of hydrogen-bond acceptors (Lipinski definition) is 5. The number of alkyl carbamates (subject to hydrolysis) is 1. The highest BCUT2D eigenvalue weighted by molar-refractivity contribution is 5.88. The fourth-order valence-corrected chi connectivity index (χ4v) is 2.04. The zero-order chi connectivity index (χ0) is 18.3. The Bertz CT molecular complexity index is 690. The molecule has 1 aromatic rings. The van der Waals surface area contributed by atoms with Crippen molar-refractivity contribution in [3.8, 4) is 5.75 Å². The molecule has 2 N–H and O–H groups in total. The zero-order valence-electron chi connectivity index (χ0n) is 14.7. The van der Waals surface area contributed by atoms with Crippen LogP contribution in [0.25, 0.3) is 6.08 Å². The van der Waals surface area contributed by atoms with Gasteiger partial charge in [0.2, 0.25) is 5.91 Å². The van der Waals surface area contributed by atoms with Crippen LogP contribution in [0.5, 0.6) is 5.75 Å². The number of para-hydroxylation sites is 1. The second kappa shape index (κ2) is 8.32. The van der Waals surface area contributed by atoms with Gasteiger partial charge in [-0.25, -0.2) is 10.2 Å². The Hall–Kier alpha value is -2.83. The summed E-state index contributed by atoms with van der Waals surface area (Å²) in [4.78, 5) is 23.1. The smallest absolute Gasteiger partial charge is 0.407 e. The van der Waals surface area contributed by atoms with E-state index in [4.69, 9.17) is 9.47 Å². The minimum absolute atomic E-state index is 0.106. The molecule has 0 saturated carbocycles. The molecule has 0 aliphatic carbocycles. The van der Waals surface area contributed by atoms with E-state index in [1.807, 2.05) is 30.3 Å². The van der Waals surface area contributed by atoms with Crippen LogP contribution in [0.4, 0.5) is 4.79 Å². The van der Waals surface area contributed by atoms with Crippen LogP contribution < -0.4 is 15.5 Å². The molecular formula is C18H23N3O4. The quantitative estimate of drug-likeness (QED) is 0.634. The maximum atomic E-state index is 11.7. The van der Waals surface area contributed by atoms with Gasteiger partial charge in [-0.2, -0.15) is 5.10 Å². The molecule has 0 fully saturated rings. The monoisotopic (exact) mass is 345 g/mol. The van der Waals surface area contributed by atoms with E-state index in [9.17, 15) is 9.59 Å². The van der Waals surface area contributed by atoms with Crippen LogP contribution in [0.3, 0.4) is 0 Å². The van der Waals surface area contributed by atoms with E-state index in [1.54, 1.807) is 27.0 Å². The normalized spacial score (nSPS) is 13.5. The molecule has 0 atom stereocenters. The molecule has 7 nitrogen and oxygen atoms in total. The van der Waals surface area contributed by atoms with Crippen LogP contribution >= 0.6 is 0 Å². The fourth-order valence-electron chi connectivity index (χ4n) is 2.04. The van der Waals surface area contributed by atoms with E-state index in [-0.39, 0.29) is 18.9 Å². The summed E-state index contributed by atoms with van der Waals surface area (Å²) >= 11 is 0. The first-order valence-electron chi connectivity index (χ1n) is 8.05. The van der Waals surface area contributed by atoms with Gasteiger partial charge in [-0.1, -0.05) is 18.2 Å². The van der Waals surface area contributed by atoms with Gasteiger partial charge >= 0.3 is 6.09 Å². The molecular weight excluding hydrogens is 322 g/mol. The summed E-state index contributed by atoms with van der Waals surface area (Å²) in [6, 6.07) is 7.69. The maximum Gasteiger partial charge on any atom is 0.407 e. The summed E-state index contributed by atoms with van der Waals surface area (Å²) in [6.07, 6.45) is 3.06. The van der Waals surface area contributed by atoms with Crippen molar-refractivity contribution in [2.75, 3.05) is 13.2 Å². The second-order valence-electron chi connectivity index (χ2n) is 6.52. The van der Waals surface area contributed by atoms with Crippen LogP contribution in [0.2, 0.25) is 0 Å². The predicted octanol–water partition coefficient (Wildman–Crippen LogP) is 2.48. The Kier molecular flexibility index (Phi) is 6.16. The number of carbonyl (C=O) groups excluding carboxylic acids is 2. The second-order valence-corrected chi connectivity index (χ2v) is 6.52. The Labute approximate surface area is 147 Å². The number of nitrogens with one attached hydrogen (secondary N) is 2. The number of fused-ring (bicyclic) bond motifs is 1. The lowest BCUT2D eigenvalue weighted by Crippen LogP contribution is -2.34. The number of rotatable bonds is 5. The van der Waals surface area contributed by atoms with E-state index in [0.29, 0.717) is 6.61 Å². The predicted molar refractivity (Wildman–Crippen MR) is 95.4 cm³/mol. The van der Waals surface area contributed by atoms with E-state index < -0.39 is 11.7 Å². The third kappa shape index (κ3) is 6.66. The van der Waals surface area contributed by atoms with Crippen molar-refractivity contribution in [1.82, 2.24) is 10.7 Å². The lowest BCUT2D eigenvalue weighted by atomic mass is 10.1. The molecule has 0 bridgehead atoms. The molecule has 2 rings (SSSR count). The van der Waals surface area contributed by atoms with Gasteiger partial charge in [0, 0.05) is 24.1 Å². The van der Waals surface area contributed by atoms with Gasteiger partial charge in [-0.05, 0) is 32.9 Å². The van der Waals surface area contributed by atoms with E-state index in [1.165, 1.54) is 0 Å². The van der Waals surface area contributed by atoms with Gasteiger partial charge in [-0.15, -0.1) is 0 Å². The molecule has 0 radical (unpaired) electrons. The van der Waals surface area contributed by atoms with E-state index in [0.717, 1.165) is 16.9 Å². The van der Waals surface area contributed by atoms with Crippen LogP contribution in [0, 0.1) is 0 Å². The van der Waals surface area contributed by atoms with Crippen LogP contribution in [-0.2, 0) is 9.53 Å². The van der Waals surface area contributed by atoms with Gasteiger partial charge in [0.15, 0.2) is 0 Å². The highest BCUT2D eigenvalue weighted by atomic mass is 16.6. The molecule has 134 valence electrons. The average molecular weight is 345 g/mol. The highest BCUT2D eigenvalue weighted by Crippen LogP contribution is 2.24. The zero-order valence-corrected chi connectivity index (χ0v) is 14.7. The first-order chi connectivity index (χ1) is 11.8. The number of hydrogen-bond donors (Lipinski definition) is 2. The summed E-state index contributed by atoms with van der Waals surface area (Å²) in [5.74, 6) is 0.530. The lowest BCUT2D eigenvalue weighted by Gasteiger charge is -2.19. The van der Waals surface area contributed by atoms with Gasteiger partial charge < -0.3 is 14.8 Å². The molecule has 0 spiro atoms. The van der Waals surface area contributed by atoms with E-state index >= 15 is 0 Å². The number of nitrogens with zero attached hydrogens (tertiary/aromatic N) is 1. The van der Waals surface area contributed by atoms with Crippen LogP contribution in [0.15, 0.2) is 34.9 Å². The van der Waals surface area contributed by atoms with Crippen molar-refractivity contribution in [2.24, 2.45) is 5.10 Å². The molecule has 7 heteroatoms. The summed E-state index contributed by atoms with van der Waals surface area (Å²) in [7, 11) is 0. The fraction of sp³-hybridized carbons (Fsp3) is 0.389. The molecule has 2 amide bonds. The van der Waals surface area contributed by atoms with Crippen molar-refractivity contribution in [3.05, 3.63) is 35.4 Å². The Morgan fingerprint density at radius 1 is 1.32 bits per heavy atom. The summed E-state index contributed by atoms with van der Waals surface area (Å²) in [5, 5.41) is 6.42. The summed E-state index contributed by atoms with van der Waals surface area (Å²) in [6.45, 7) is 5.90. The molecule has 0 unspecified atom stereocenters. The maximum absolute atomic E-state index is 11.7. The van der Waals surface area contributed by atoms with Crippen LogP contribution in [-0.4, -0.2) is 37.0 Å². The number of ether oxygens (including phenoxy) is 2. The Morgan fingerprint density at radius 2 is 2.08 bits per heavy atom. The van der Waals surface area contributed by atoms with Crippen LogP contribution in [0.1, 0.15) is 32.8 Å².